The van der Waals surface area contributed by atoms with Crippen LogP contribution in [0.4, 0.5) is 5.82 Å². The van der Waals surface area contributed by atoms with E-state index in [0.29, 0.717) is 19.0 Å². The van der Waals surface area contributed by atoms with Gasteiger partial charge < -0.3 is 15.4 Å². The van der Waals surface area contributed by atoms with Crippen molar-refractivity contribution in [1.82, 2.24) is 9.97 Å². The summed E-state index contributed by atoms with van der Waals surface area (Å²) in [6, 6.07) is 10.1. The summed E-state index contributed by atoms with van der Waals surface area (Å²) in [5.41, 5.74) is 8.00. The fourth-order valence-electron chi connectivity index (χ4n) is 1.98. The van der Waals surface area contributed by atoms with Gasteiger partial charge in [-0.05, 0) is 18.1 Å². The highest BCUT2D eigenvalue weighted by atomic mass is 16.5. The first kappa shape index (κ1) is 14.3. The summed E-state index contributed by atoms with van der Waals surface area (Å²) < 4.78 is 5.39. The first-order chi connectivity index (χ1) is 9.72. The Balaban J connectivity index is 2.10. The second-order valence-corrected chi connectivity index (χ2v) is 4.53. The summed E-state index contributed by atoms with van der Waals surface area (Å²) in [4.78, 5) is 10.4. The van der Waals surface area contributed by atoms with Crippen molar-refractivity contribution in [2.45, 2.75) is 20.0 Å². The molecule has 0 radical (unpaired) electrons. The van der Waals surface area contributed by atoms with Gasteiger partial charge >= 0.3 is 0 Å². The fourth-order valence-corrected chi connectivity index (χ4v) is 1.98. The van der Waals surface area contributed by atoms with E-state index < -0.39 is 0 Å². The lowest BCUT2D eigenvalue weighted by molar-refractivity contribution is 0.326. The van der Waals surface area contributed by atoms with Gasteiger partial charge in [0.05, 0.1) is 6.61 Å². The second kappa shape index (κ2) is 6.86. The van der Waals surface area contributed by atoms with Gasteiger partial charge in [-0.15, -0.1) is 0 Å². The number of hydrogen-bond acceptors (Lipinski definition) is 5. The summed E-state index contributed by atoms with van der Waals surface area (Å²) in [6.45, 7) is 3.85. The molecule has 0 saturated carbocycles. The van der Waals surface area contributed by atoms with Gasteiger partial charge in [0.1, 0.15) is 12.1 Å². The van der Waals surface area contributed by atoms with Gasteiger partial charge in [0.25, 0.3) is 0 Å². The van der Waals surface area contributed by atoms with Crippen LogP contribution in [0.25, 0.3) is 0 Å². The number of hydrogen-bond donors (Lipinski definition) is 1. The van der Waals surface area contributed by atoms with Crippen molar-refractivity contribution in [3.63, 3.8) is 0 Å². The molecule has 0 aliphatic carbocycles. The third kappa shape index (κ3) is 3.68. The monoisotopic (exact) mass is 272 g/mol. The summed E-state index contributed by atoms with van der Waals surface area (Å²) in [5.74, 6) is 1.43. The largest absolute Gasteiger partial charge is 0.478 e. The predicted octanol–water partition coefficient (Wildman–Crippen LogP) is 1.97. The third-order valence-corrected chi connectivity index (χ3v) is 2.96. The van der Waals surface area contributed by atoms with Crippen molar-refractivity contribution in [3.05, 3.63) is 47.8 Å². The molecule has 5 heteroatoms. The molecular weight excluding hydrogens is 252 g/mol. The fraction of sp³-hybridized carbons (Fsp3) is 0.333. The minimum absolute atomic E-state index is 0.555. The van der Waals surface area contributed by atoms with E-state index in [1.807, 2.05) is 32.2 Å². The molecular formula is C15H20N4O. The van der Waals surface area contributed by atoms with E-state index in [1.165, 1.54) is 11.9 Å². The van der Waals surface area contributed by atoms with Crippen molar-refractivity contribution >= 4 is 5.82 Å². The van der Waals surface area contributed by atoms with Crippen LogP contribution in [0.1, 0.15) is 18.1 Å². The van der Waals surface area contributed by atoms with Crippen molar-refractivity contribution in [3.8, 4) is 5.88 Å². The number of nitrogens with zero attached hydrogens (tertiary/aromatic N) is 3. The number of anilines is 1. The van der Waals surface area contributed by atoms with E-state index in [1.54, 1.807) is 0 Å². The van der Waals surface area contributed by atoms with Gasteiger partial charge in [0.2, 0.25) is 5.88 Å². The second-order valence-electron chi connectivity index (χ2n) is 4.53. The Morgan fingerprint density at radius 3 is 2.75 bits per heavy atom. The highest BCUT2D eigenvalue weighted by Crippen LogP contribution is 2.17. The van der Waals surface area contributed by atoms with Gasteiger partial charge in [-0.3, -0.25) is 0 Å². The molecule has 0 spiro atoms. The molecule has 0 atom stereocenters. The molecule has 20 heavy (non-hydrogen) atoms. The molecule has 0 amide bonds. The number of nitrogens with two attached hydrogens (primary N) is 1. The van der Waals surface area contributed by atoms with Crippen molar-refractivity contribution in [2.24, 2.45) is 5.73 Å². The maximum absolute atomic E-state index is 5.66. The Morgan fingerprint density at radius 2 is 2.00 bits per heavy atom. The lowest BCUT2D eigenvalue weighted by Crippen LogP contribution is -2.18. The summed E-state index contributed by atoms with van der Waals surface area (Å²) in [7, 11) is 1.99. The molecule has 1 heterocycles. The predicted molar refractivity (Wildman–Crippen MR) is 79.6 cm³/mol. The molecule has 0 aliphatic heterocycles. The van der Waals surface area contributed by atoms with Crippen LogP contribution in [0, 0.1) is 0 Å². The SMILES string of the molecule is CCOc1cc(N(C)Cc2cccc(CN)c2)ncn1. The van der Waals surface area contributed by atoms with Crippen molar-refractivity contribution in [2.75, 3.05) is 18.6 Å². The van der Waals surface area contributed by atoms with E-state index in [9.17, 15) is 0 Å². The standard InChI is InChI=1S/C15H20N4O/c1-3-20-15-8-14(17-11-18-15)19(2)10-13-6-4-5-12(7-13)9-16/h4-8,11H,3,9-10,16H2,1-2H3. The van der Waals surface area contributed by atoms with Crippen LogP contribution < -0.4 is 15.4 Å². The highest BCUT2D eigenvalue weighted by Gasteiger charge is 2.06. The minimum atomic E-state index is 0.555. The zero-order valence-corrected chi connectivity index (χ0v) is 11.9. The van der Waals surface area contributed by atoms with Gasteiger partial charge in [0, 0.05) is 26.2 Å². The molecule has 2 rings (SSSR count). The normalized spacial score (nSPS) is 10.3. The van der Waals surface area contributed by atoms with E-state index in [-0.39, 0.29) is 0 Å². The van der Waals surface area contributed by atoms with Crippen LogP contribution >= 0.6 is 0 Å². The smallest absolute Gasteiger partial charge is 0.218 e. The molecule has 1 aromatic heterocycles. The Morgan fingerprint density at radius 1 is 1.20 bits per heavy atom. The molecule has 0 fully saturated rings. The lowest BCUT2D eigenvalue weighted by Gasteiger charge is -2.18. The topological polar surface area (TPSA) is 64.3 Å². The van der Waals surface area contributed by atoms with Crippen LogP contribution in [-0.2, 0) is 13.1 Å². The number of rotatable bonds is 6. The van der Waals surface area contributed by atoms with Crippen LogP contribution in [0.5, 0.6) is 5.88 Å². The zero-order valence-electron chi connectivity index (χ0n) is 11.9. The van der Waals surface area contributed by atoms with Gasteiger partial charge in [-0.2, -0.15) is 0 Å². The Labute approximate surface area is 119 Å². The van der Waals surface area contributed by atoms with Crippen LogP contribution in [0.3, 0.4) is 0 Å². The van der Waals surface area contributed by atoms with Gasteiger partial charge in [-0.1, -0.05) is 24.3 Å². The zero-order chi connectivity index (χ0) is 14.4. The summed E-state index contributed by atoms with van der Waals surface area (Å²) in [5, 5.41) is 0. The molecule has 0 aliphatic rings. The van der Waals surface area contributed by atoms with E-state index in [0.717, 1.165) is 17.9 Å². The van der Waals surface area contributed by atoms with E-state index >= 15 is 0 Å². The first-order valence-electron chi connectivity index (χ1n) is 6.66. The van der Waals surface area contributed by atoms with Gasteiger partial charge in [-0.25, -0.2) is 9.97 Å². The minimum Gasteiger partial charge on any atom is -0.478 e. The van der Waals surface area contributed by atoms with E-state index in [2.05, 4.69) is 27.0 Å². The van der Waals surface area contributed by atoms with Crippen LogP contribution in [-0.4, -0.2) is 23.6 Å². The maximum Gasteiger partial charge on any atom is 0.218 e. The third-order valence-electron chi connectivity index (χ3n) is 2.96. The van der Waals surface area contributed by atoms with Crippen LogP contribution in [0.15, 0.2) is 36.7 Å². The van der Waals surface area contributed by atoms with Crippen LogP contribution in [0.2, 0.25) is 0 Å². The Bertz CT molecular complexity index is 559. The average Bonchev–Trinajstić information content (AvgIpc) is 2.48. The first-order valence-corrected chi connectivity index (χ1v) is 6.66. The molecule has 0 unspecified atom stereocenters. The molecule has 5 nitrogen and oxygen atoms in total. The quantitative estimate of drug-likeness (QED) is 0.871. The number of benzene rings is 1. The lowest BCUT2D eigenvalue weighted by atomic mass is 10.1. The number of ether oxygens (including phenoxy) is 1. The summed E-state index contributed by atoms with van der Waals surface area (Å²) >= 11 is 0. The van der Waals surface area contributed by atoms with Crippen molar-refractivity contribution < 1.29 is 4.74 Å². The molecule has 2 aromatic rings. The molecule has 106 valence electrons. The Kier molecular flexibility index (Phi) is 4.90. The Hall–Kier alpha value is -2.14. The van der Waals surface area contributed by atoms with E-state index in [4.69, 9.17) is 10.5 Å². The highest BCUT2D eigenvalue weighted by molar-refractivity contribution is 5.41. The molecule has 2 N–H and O–H groups in total. The van der Waals surface area contributed by atoms with Crippen molar-refractivity contribution in [1.29, 1.82) is 0 Å². The number of aromatic nitrogens is 2. The molecule has 0 saturated heterocycles. The van der Waals surface area contributed by atoms with Gasteiger partial charge in [0.15, 0.2) is 0 Å². The molecule has 1 aromatic carbocycles. The molecule has 0 bridgehead atoms. The summed E-state index contributed by atoms with van der Waals surface area (Å²) in [6.07, 6.45) is 1.52. The maximum atomic E-state index is 5.66. The average molecular weight is 272 g/mol.